The smallest absolute Gasteiger partial charge is 0.322 e. The van der Waals surface area contributed by atoms with Crippen LogP contribution in [-0.4, -0.2) is 42.0 Å². The number of carbonyl (C=O) groups excluding carboxylic acids is 1. The van der Waals surface area contributed by atoms with Gasteiger partial charge in [-0.3, -0.25) is 9.36 Å². The van der Waals surface area contributed by atoms with Crippen molar-refractivity contribution in [1.82, 2.24) is 9.80 Å². The Kier molecular flexibility index (Phi) is 5.89. The van der Waals surface area contributed by atoms with Gasteiger partial charge >= 0.3 is 7.60 Å². The van der Waals surface area contributed by atoms with Crippen LogP contribution in [0.1, 0.15) is 20.8 Å². The van der Waals surface area contributed by atoms with Crippen molar-refractivity contribution in [3.05, 3.63) is 23.3 Å². The Morgan fingerprint density at radius 2 is 1.95 bits per heavy atom. The molecule has 0 saturated carbocycles. The van der Waals surface area contributed by atoms with Crippen LogP contribution in [0.5, 0.6) is 0 Å². The Morgan fingerprint density at radius 1 is 1.40 bits per heavy atom. The zero-order valence-electron chi connectivity index (χ0n) is 12.4. The van der Waals surface area contributed by atoms with Crippen LogP contribution in [-0.2, 0) is 18.4 Å². The van der Waals surface area contributed by atoms with E-state index in [4.69, 9.17) is 9.05 Å². The molecule has 0 N–H and O–H groups in total. The summed E-state index contributed by atoms with van der Waals surface area (Å²) in [6.45, 7) is 5.88. The second kappa shape index (κ2) is 6.80. The van der Waals surface area contributed by atoms with Crippen LogP contribution in [0.15, 0.2) is 23.3 Å². The molecule has 1 rings (SSSR count). The van der Waals surface area contributed by atoms with E-state index in [2.05, 4.69) is 12.6 Å². The quantitative estimate of drug-likeness (QED) is 0.623. The molecule has 0 saturated heterocycles. The monoisotopic (exact) mass is 320 g/mol. The molecule has 0 aromatic rings. The lowest BCUT2D eigenvalue weighted by molar-refractivity contribution is -0.129. The van der Waals surface area contributed by atoms with Gasteiger partial charge in [-0.2, -0.15) is 0 Å². The Labute approximate surface area is 125 Å². The summed E-state index contributed by atoms with van der Waals surface area (Å²) in [7, 11) is -0.617. The molecule has 8 heteroatoms. The molecule has 1 atom stereocenters. The van der Waals surface area contributed by atoms with Crippen molar-refractivity contribution in [2.75, 3.05) is 20.8 Å². The molecule has 6 nitrogen and oxygen atoms in total. The molecule has 1 heterocycles. The first-order valence-corrected chi connectivity index (χ1v) is 8.23. The van der Waals surface area contributed by atoms with Crippen molar-refractivity contribution in [2.24, 2.45) is 0 Å². The lowest BCUT2D eigenvalue weighted by atomic mass is 10.3. The topological polar surface area (TPSA) is 59.1 Å². The highest BCUT2D eigenvalue weighted by molar-refractivity contribution is 7.80. The normalized spacial score (nSPS) is 21.3. The molecule has 0 radical (unpaired) electrons. The predicted molar refractivity (Wildman–Crippen MR) is 81.1 cm³/mol. The second-order valence-electron chi connectivity index (χ2n) is 4.23. The molecule has 1 amide bonds. The molecule has 1 unspecified atom stereocenters. The molecular formula is C12H21N2O4PS. The van der Waals surface area contributed by atoms with E-state index in [-0.39, 0.29) is 5.91 Å². The first-order chi connectivity index (χ1) is 9.32. The van der Waals surface area contributed by atoms with Crippen LogP contribution < -0.4 is 0 Å². The van der Waals surface area contributed by atoms with E-state index < -0.39 is 13.1 Å². The first-order valence-electron chi connectivity index (χ1n) is 6.17. The summed E-state index contributed by atoms with van der Waals surface area (Å²) >= 11 is 4.45. The summed E-state index contributed by atoms with van der Waals surface area (Å²) < 4.78 is 22.4. The van der Waals surface area contributed by atoms with Crippen LogP contribution in [0.2, 0.25) is 0 Å². The number of carbonyl (C=O) groups is 1. The summed E-state index contributed by atoms with van der Waals surface area (Å²) in [5, 5.41) is 0.483. The van der Waals surface area contributed by atoms with Crippen LogP contribution >= 0.6 is 20.2 Å². The van der Waals surface area contributed by atoms with E-state index in [1.54, 1.807) is 29.8 Å². The maximum atomic E-state index is 12.4. The molecule has 0 aliphatic carbocycles. The Bertz CT molecular complexity index is 484. The second-order valence-corrected chi connectivity index (χ2v) is 7.09. The van der Waals surface area contributed by atoms with Gasteiger partial charge in [0, 0.05) is 38.7 Å². The lowest BCUT2D eigenvalue weighted by Crippen LogP contribution is -2.47. The third-order valence-electron chi connectivity index (χ3n) is 3.33. The van der Waals surface area contributed by atoms with Crippen LogP contribution in [0.25, 0.3) is 0 Å². The van der Waals surface area contributed by atoms with E-state index in [0.29, 0.717) is 17.6 Å². The Hall–Kier alpha value is -0.750. The Balaban J connectivity index is 3.20. The number of likely N-dealkylation sites (N-methyl/N-ethyl adjacent to an activating group) is 1. The maximum absolute atomic E-state index is 12.4. The number of thiol groups is 1. The molecule has 1 aliphatic rings. The van der Waals surface area contributed by atoms with E-state index in [0.717, 1.165) is 0 Å². The van der Waals surface area contributed by atoms with E-state index in [9.17, 15) is 9.36 Å². The lowest BCUT2D eigenvalue weighted by Gasteiger charge is -2.39. The van der Waals surface area contributed by atoms with Gasteiger partial charge in [0.1, 0.15) is 0 Å². The third-order valence-corrected chi connectivity index (χ3v) is 5.97. The van der Waals surface area contributed by atoms with Crippen molar-refractivity contribution < 1.29 is 18.4 Å². The molecule has 20 heavy (non-hydrogen) atoms. The Morgan fingerprint density at radius 3 is 2.40 bits per heavy atom. The summed E-state index contributed by atoms with van der Waals surface area (Å²) in [6.07, 6.45) is 3.08. The van der Waals surface area contributed by atoms with Gasteiger partial charge < -0.3 is 18.8 Å². The van der Waals surface area contributed by atoms with Gasteiger partial charge in [-0.25, -0.2) is 0 Å². The minimum Gasteiger partial charge on any atom is -0.322 e. The van der Waals surface area contributed by atoms with Gasteiger partial charge in [-0.05, 0) is 20.8 Å². The van der Waals surface area contributed by atoms with Gasteiger partial charge in [-0.1, -0.05) is 0 Å². The summed E-state index contributed by atoms with van der Waals surface area (Å²) in [4.78, 5) is 15.1. The van der Waals surface area contributed by atoms with E-state index in [1.807, 2.05) is 6.92 Å². The van der Waals surface area contributed by atoms with E-state index >= 15 is 0 Å². The number of nitrogens with zero attached hydrogens (tertiary/aromatic N) is 2. The predicted octanol–water partition coefficient (Wildman–Crippen LogP) is 2.61. The molecule has 114 valence electrons. The first kappa shape index (κ1) is 17.3. The molecular weight excluding hydrogens is 299 g/mol. The highest BCUT2D eigenvalue weighted by Crippen LogP contribution is 2.56. The summed E-state index contributed by atoms with van der Waals surface area (Å²) in [6, 6.07) is 0. The van der Waals surface area contributed by atoms with Crippen molar-refractivity contribution in [1.29, 1.82) is 0 Å². The molecule has 0 aromatic carbocycles. The fourth-order valence-corrected chi connectivity index (χ4v) is 3.65. The van der Waals surface area contributed by atoms with Crippen molar-refractivity contribution >= 4 is 26.1 Å². The van der Waals surface area contributed by atoms with Gasteiger partial charge in [0.05, 0.1) is 5.31 Å². The van der Waals surface area contributed by atoms with Gasteiger partial charge in [0.25, 0.3) is 0 Å². The van der Waals surface area contributed by atoms with Gasteiger partial charge in [0.2, 0.25) is 5.91 Å². The highest BCUT2D eigenvalue weighted by atomic mass is 32.1. The van der Waals surface area contributed by atoms with Crippen molar-refractivity contribution in [3.63, 3.8) is 0 Å². The van der Waals surface area contributed by atoms with Gasteiger partial charge in [-0.15, -0.1) is 12.6 Å². The zero-order valence-corrected chi connectivity index (χ0v) is 14.1. The molecule has 1 aliphatic heterocycles. The average Bonchev–Trinajstić information content (AvgIpc) is 2.45. The number of allylic oxidation sites excluding steroid dienone is 2. The van der Waals surface area contributed by atoms with Crippen LogP contribution in [0, 0.1) is 0 Å². The number of hydrogen-bond donors (Lipinski definition) is 1. The fraction of sp³-hybridized carbons (Fsp3) is 0.583. The largest absolute Gasteiger partial charge is 0.358 e. The van der Waals surface area contributed by atoms with Crippen molar-refractivity contribution in [3.8, 4) is 0 Å². The van der Waals surface area contributed by atoms with Crippen molar-refractivity contribution in [2.45, 2.75) is 26.3 Å². The minimum atomic E-state index is -3.30. The zero-order chi connectivity index (χ0) is 15.5. The summed E-state index contributed by atoms with van der Waals surface area (Å²) in [5.41, 5.74) is 0.230. The van der Waals surface area contributed by atoms with E-state index in [1.165, 1.54) is 20.3 Å². The number of amides is 1. The number of rotatable bonds is 5. The highest BCUT2D eigenvalue weighted by Gasteiger charge is 2.32. The minimum absolute atomic E-state index is 0.101. The SMILES string of the molecule is CCN1C(=O)C=CN(/C(C)=C(/C)P(=O)(OC)OC)C1S. The molecule has 0 spiro atoms. The average molecular weight is 320 g/mol. The number of hydrogen-bond acceptors (Lipinski definition) is 6. The van der Waals surface area contributed by atoms with Gasteiger partial charge in [0.15, 0.2) is 5.50 Å². The van der Waals surface area contributed by atoms with Crippen LogP contribution in [0.4, 0.5) is 0 Å². The summed E-state index contributed by atoms with van der Waals surface area (Å²) in [5.74, 6) is -0.101. The molecule has 0 bridgehead atoms. The standard InChI is InChI=1S/C12H21N2O4PS/c1-6-13-11(15)7-8-14(12(13)20)9(2)10(3)19(16,17-4)18-5/h7-8,12,20H,6H2,1-5H3/b10-9-. The van der Waals surface area contributed by atoms with Crippen LogP contribution in [0.3, 0.4) is 0 Å². The molecule has 0 aromatic heterocycles. The fourth-order valence-electron chi connectivity index (χ4n) is 1.92. The third kappa shape index (κ3) is 3.11. The molecule has 0 fully saturated rings. The maximum Gasteiger partial charge on any atom is 0.358 e.